The number of halogens is 2. The molecule has 2 N–H and O–H groups in total. The van der Waals surface area contributed by atoms with E-state index in [0.29, 0.717) is 0 Å². The first-order valence-corrected chi connectivity index (χ1v) is 5.57. The quantitative estimate of drug-likeness (QED) is 0.835. The van der Waals surface area contributed by atoms with Crippen molar-refractivity contribution in [3.63, 3.8) is 0 Å². The minimum absolute atomic E-state index is 0.0244. The number of phenols is 1. The summed E-state index contributed by atoms with van der Waals surface area (Å²) in [5.74, 6) is -3.69. The van der Waals surface area contributed by atoms with Gasteiger partial charge < -0.3 is 10.4 Å². The summed E-state index contributed by atoms with van der Waals surface area (Å²) in [6.45, 7) is 0. The summed E-state index contributed by atoms with van der Waals surface area (Å²) in [5, 5.41) is 11.7. The van der Waals surface area contributed by atoms with Crippen molar-refractivity contribution < 1.29 is 18.7 Å². The van der Waals surface area contributed by atoms with Crippen LogP contribution in [-0.4, -0.2) is 17.1 Å². The van der Waals surface area contributed by atoms with Gasteiger partial charge in [-0.05, 0) is 25.0 Å². The van der Waals surface area contributed by atoms with E-state index in [9.17, 15) is 13.6 Å². The predicted octanol–water partition coefficient (Wildman–Crippen LogP) is 2.34. The molecule has 0 saturated heterocycles. The van der Waals surface area contributed by atoms with E-state index in [2.05, 4.69) is 5.32 Å². The number of phenolic OH excluding ortho intramolecular Hbond substituents is 1. The lowest BCUT2D eigenvalue weighted by molar-refractivity contribution is 0.0928. The first kappa shape index (κ1) is 11.8. The molecule has 0 radical (unpaired) electrons. The van der Waals surface area contributed by atoms with E-state index >= 15 is 0 Å². The smallest absolute Gasteiger partial charge is 0.257 e. The van der Waals surface area contributed by atoms with Gasteiger partial charge in [0.2, 0.25) is 0 Å². The molecule has 0 heterocycles. The first-order valence-electron chi connectivity index (χ1n) is 5.57. The van der Waals surface area contributed by atoms with Crippen molar-refractivity contribution in [1.82, 2.24) is 5.32 Å². The summed E-state index contributed by atoms with van der Waals surface area (Å²) in [4.78, 5) is 11.7. The van der Waals surface area contributed by atoms with E-state index in [4.69, 9.17) is 5.11 Å². The maximum Gasteiger partial charge on any atom is 0.257 e. The minimum atomic E-state index is -1.21. The second-order valence-electron chi connectivity index (χ2n) is 4.21. The van der Waals surface area contributed by atoms with Crippen LogP contribution in [0.2, 0.25) is 0 Å². The first-order chi connectivity index (χ1) is 8.09. The highest BCUT2D eigenvalue weighted by Gasteiger charge is 2.24. The van der Waals surface area contributed by atoms with Crippen LogP contribution in [0.5, 0.6) is 5.75 Å². The number of aromatic hydroxyl groups is 1. The van der Waals surface area contributed by atoms with Crippen molar-refractivity contribution in [3.05, 3.63) is 29.3 Å². The molecule has 0 bridgehead atoms. The van der Waals surface area contributed by atoms with Gasteiger partial charge in [0.1, 0.15) is 11.4 Å². The number of rotatable bonds is 2. The van der Waals surface area contributed by atoms with Gasteiger partial charge in [-0.3, -0.25) is 4.79 Å². The topological polar surface area (TPSA) is 49.3 Å². The van der Waals surface area contributed by atoms with E-state index < -0.39 is 28.9 Å². The Morgan fingerprint density at radius 3 is 2.59 bits per heavy atom. The molecule has 0 aliphatic heterocycles. The molecule has 0 unspecified atom stereocenters. The summed E-state index contributed by atoms with van der Waals surface area (Å²) in [6, 6.07) is 1.74. The van der Waals surface area contributed by atoms with Crippen LogP contribution in [-0.2, 0) is 0 Å². The van der Waals surface area contributed by atoms with Crippen LogP contribution in [0.1, 0.15) is 36.0 Å². The third-order valence-corrected chi connectivity index (χ3v) is 2.99. The summed E-state index contributed by atoms with van der Waals surface area (Å²) in [5.41, 5.74) is -0.711. The Morgan fingerprint density at radius 2 is 1.94 bits per heavy atom. The lowest BCUT2D eigenvalue weighted by atomic mass is 10.1. The highest BCUT2D eigenvalue weighted by atomic mass is 19.1. The monoisotopic (exact) mass is 241 g/mol. The Kier molecular flexibility index (Phi) is 3.26. The van der Waals surface area contributed by atoms with E-state index in [1.54, 1.807) is 0 Å². The zero-order valence-corrected chi connectivity index (χ0v) is 9.17. The molecule has 2 rings (SSSR count). The molecule has 1 amide bonds. The zero-order chi connectivity index (χ0) is 12.4. The fraction of sp³-hybridized carbons (Fsp3) is 0.417. The second-order valence-corrected chi connectivity index (χ2v) is 4.21. The van der Waals surface area contributed by atoms with Crippen molar-refractivity contribution in [1.29, 1.82) is 0 Å². The number of hydrogen-bond acceptors (Lipinski definition) is 2. The van der Waals surface area contributed by atoms with Gasteiger partial charge in [0.25, 0.3) is 5.91 Å². The van der Waals surface area contributed by atoms with Crippen LogP contribution < -0.4 is 5.32 Å². The van der Waals surface area contributed by atoms with E-state index in [0.717, 1.165) is 37.8 Å². The largest absolute Gasteiger partial charge is 0.505 e. The number of carbonyl (C=O) groups is 1. The van der Waals surface area contributed by atoms with Crippen molar-refractivity contribution in [2.45, 2.75) is 31.7 Å². The Morgan fingerprint density at radius 1 is 1.29 bits per heavy atom. The molecule has 5 heteroatoms. The molecule has 1 aliphatic rings. The van der Waals surface area contributed by atoms with E-state index in [1.165, 1.54) is 0 Å². The molecule has 0 spiro atoms. The minimum Gasteiger partial charge on any atom is -0.505 e. The lowest BCUT2D eigenvalue weighted by Gasteiger charge is -2.13. The lowest BCUT2D eigenvalue weighted by Crippen LogP contribution is -2.33. The summed E-state index contributed by atoms with van der Waals surface area (Å²) in [6.07, 6.45) is 3.67. The van der Waals surface area contributed by atoms with Gasteiger partial charge in [-0.2, -0.15) is 0 Å². The van der Waals surface area contributed by atoms with Crippen molar-refractivity contribution in [2.75, 3.05) is 0 Å². The Labute approximate surface area is 97.5 Å². The normalized spacial score (nSPS) is 16.1. The molecule has 1 saturated carbocycles. The average Bonchev–Trinajstić information content (AvgIpc) is 2.77. The molecule has 92 valence electrons. The van der Waals surface area contributed by atoms with Crippen LogP contribution in [0.25, 0.3) is 0 Å². The average molecular weight is 241 g/mol. The van der Waals surface area contributed by atoms with Crippen LogP contribution in [0.4, 0.5) is 8.78 Å². The van der Waals surface area contributed by atoms with Gasteiger partial charge in [-0.15, -0.1) is 0 Å². The maximum atomic E-state index is 13.4. The molecule has 1 aliphatic carbocycles. The molecule has 17 heavy (non-hydrogen) atoms. The fourth-order valence-corrected chi connectivity index (χ4v) is 2.08. The highest BCUT2D eigenvalue weighted by Crippen LogP contribution is 2.23. The van der Waals surface area contributed by atoms with Gasteiger partial charge in [-0.1, -0.05) is 12.8 Å². The van der Waals surface area contributed by atoms with Crippen molar-refractivity contribution >= 4 is 5.91 Å². The van der Waals surface area contributed by atoms with Gasteiger partial charge in [-0.25, -0.2) is 8.78 Å². The third kappa shape index (κ3) is 2.38. The Bertz CT molecular complexity index is 442. The predicted molar refractivity (Wildman–Crippen MR) is 57.7 cm³/mol. The molecule has 0 aromatic heterocycles. The molecule has 1 fully saturated rings. The molecule has 1 aromatic carbocycles. The fourth-order valence-electron chi connectivity index (χ4n) is 2.08. The number of hydrogen-bond donors (Lipinski definition) is 2. The van der Waals surface area contributed by atoms with Crippen LogP contribution in [0.15, 0.2) is 12.1 Å². The summed E-state index contributed by atoms with van der Waals surface area (Å²) < 4.78 is 26.8. The maximum absolute atomic E-state index is 13.4. The third-order valence-electron chi connectivity index (χ3n) is 2.99. The second kappa shape index (κ2) is 4.69. The number of benzene rings is 1. The summed E-state index contributed by atoms with van der Waals surface area (Å²) in [7, 11) is 0. The Hall–Kier alpha value is -1.65. The van der Waals surface area contributed by atoms with Gasteiger partial charge >= 0.3 is 0 Å². The standard InChI is InChI=1S/C12H13F2NO2/c13-8-5-6-9(16)11(14)10(8)12(17)15-7-3-1-2-4-7/h5-7,16H,1-4H2,(H,15,17). The number of nitrogens with one attached hydrogen (secondary N) is 1. The van der Waals surface area contributed by atoms with E-state index in [-0.39, 0.29) is 6.04 Å². The van der Waals surface area contributed by atoms with Gasteiger partial charge in [0.05, 0.1) is 0 Å². The van der Waals surface area contributed by atoms with Crippen LogP contribution >= 0.6 is 0 Å². The van der Waals surface area contributed by atoms with Gasteiger partial charge in [0.15, 0.2) is 11.6 Å². The number of amides is 1. The molecule has 3 nitrogen and oxygen atoms in total. The molecule has 1 aromatic rings. The molecular weight excluding hydrogens is 228 g/mol. The highest BCUT2D eigenvalue weighted by molar-refractivity contribution is 5.95. The molecule has 0 atom stereocenters. The molecular formula is C12H13F2NO2. The van der Waals surface area contributed by atoms with Gasteiger partial charge in [0, 0.05) is 6.04 Å². The van der Waals surface area contributed by atoms with Crippen molar-refractivity contribution in [3.8, 4) is 5.75 Å². The van der Waals surface area contributed by atoms with Crippen LogP contribution in [0.3, 0.4) is 0 Å². The zero-order valence-electron chi connectivity index (χ0n) is 9.17. The van der Waals surface area contributed by atoms with E-state index in [1.807, 2.05) is 0 Å². The number of carbonyl (C=O) groups excluding carboxylic acids is 1. The van der Waals surface area contributed by atoms with Crippen molar-refractivity contribution in [2.24, 2.45) is 0 Å². The van der Waals surface area contributed by atoms with Crippen LogP contribution in [0, 0.1) is 11.6 Å². The summed E-state index contributed by atoms with van der Waals surface area (Å²) >= 11 is 0. The Balaban J connectivity index is 2.21. The SMILES string of the molecule is O=C(NC1CCCC1)c1c(F)ccc(O)c1F.